The predicted molar refractivity (Wildman–Crippen MR) is 163 cm³/mol. The minimum absolute atomic E-state index is 0.197. The number of carbonyl (C=O) groups is 1. The number of esters is 1. The Labute approximate surface area is 247 Å². The highest BCUT2D eigenvalue weighted by molar-refractivity contribution is 7.07. The van der Waals surface area contributed by atoms with Gasteiger partial charge < -0.3 is 14.0 Å². The molecule has 0 radical (unpaired) electrons. The van der Waals surface area contributed by atoms with Crippen LogP contribution in [0.3, 0.4) is 0 Å². The number of aromatic nitrogens is 2. The average Bonchev–Trinajstić information content (AvgIpc) is 3.42. The van der Waals surface area contributed by atoms with Crippen molar-refractivity contribution in [1.82, 2.24) is 9.13 Å². The Kier molecular flexibility index (Phi) is 8.33. The number of rotatable bonds is 8. The van der Waals surface area contributed by atoms with Gasteiger partial charge in [0.25, 0.3) is 5.56 Å². The molecule has 3 heterocycles. The van der Waals surface area contributed by atoms with Crippen LogP contribution in [0.25, 0.3) is 11.8 Å². The van der Waals surface area contributed by atoms with Crippen LogP contribution in [0.1, 0.15) is 55.2 Å². The zero-order chi connectivity index (χ0) is 29.3. The number of methoxy groups -OCH3 is 1. The van der Waals surface area contributed by atoms with Crippen molar-refractivity contribution >= 4 is 35.0 Å². The van der Waals surface area contributed by atoms with Crippen LogP contribution in [-0.2, 0) is 9.53 Å². The van der Waals surface area contributed by atoms with Gasteiger partial charge in [-0.3, -0.25) is 9.36 Å². The van der Waals surface area contributed by atoms with Gasteiger partial charge in [-0.1, -0.05) is 54.5 Å². The van der Waals surface area contributed by atoms with Crippen LogP contribution in [0.2, 0.25) is 5.02 Å². The van der Waals surface area contributed by atoms with E-state index in [0.717, 1.165) is 29.1 Å². The zero-order valence-electron chi connectivity index (χ0n) is 23.7. The molecule has 4 aromatic rings. The second-order valence-electron chi connectivity index (χ2n) is 9.80. The third-order valence-corrected chi connectivity index (χ3v) is 8.37. The molecule has 0 fully saturated rings. The van der Waals surface area contributed by atoms with Gasteiger partial charge in [-0.2, -0.15) is 0 Å². The van der Waals surface area contributed by atoms with E-state index in [1.54, 1.807) is 36.8 Å². The third-order valence-electron chi connectivity index (χ3n) is 7.15. The first-order valence-corrected chi connectivity index (χ1v) is 14.8. The lowest BCUT2D eigenvalue weighted by molar-refractivity contribution is -0.139. The van der Waals surface area contributed by atoms with Gasteiger partial charge in [0, 0.05) is 27.7 Å². The number of allylic oxidation sites excluding steroid dienone is 1. The van der Waals surface area contributed by atoms with E-state index in [2.05, 4.69) is 22.8 Å². The summed E-state index contributed by atoms with van der Waals surface area (Å²) in [5.74, 6) is 0.00680. The lowest BCUT2D eigenvalue weighted by Crippen LogP contribution is -2.40. The number of carbonyl (C=O) groups excluding carboxylic acids is 1. The molecule has 2 aromatic carbocycles. The van der Waals surface area contributed by atoms with Gasteiger partial charge in [-0.05, 0) is 75.2 Å². The van der Waals surface area contributed by atoms with E-state index < -0.39 is 12.0 Å². The number of nitrogens with zero attached hydrogens (tertiary/aromatic N) is 3. The summed E-state index contributed by atoms with van der Waals surface area (Å²) in [5.41, 5.74) is 5.36. The normalized spacial score (nSPS) is 15.1. The molecule has 0 unspecified atom stereocenters. The Morgan fingerprint density at radius 2 is 1.88 bits per heavy atom. The molecule has 0 N–H and O–H groups in total. The van der Waals surface area contributed by atoms with Crippen molar-refractivity contribution in [1.29, 1.82) is 0 Å². The molecule has 5 rings (SSSR count). The molecule has 0 aliphatic carbocycles. The number of para-hydroxylation sites is 1. The van der Waals surface area contributed by atoms with Gasteiger partial charge >= 0.3 is 5.97 Å². The fourth-order valence-electron chi connectivity index (χ4n) is 5.38. The molecule has 7 nitrogen and oxygen atoms in total. The molecule has 0 saturated carbocycles. The minimum atomic E-state index is -0.806. The molecule has 2 aromatic heterocycles. The Morgan fingerprint density at radius 3 is 2.56 bits per heavy atom. The highest BCUT2D eigenvalue weighted by Crippen LogP contribution is 2.38. The summed E-state index contributed by atoms with van der Waals surface area (Å²) in [6.07, 6.45) is 3.23. The summed E-state index contributed by atoms with van der Waals surface area (Å²) >= 11 is 7.75. The molecule has 1 aliphatic heterocycles. The first-order valence-electron chi connectivity index (χ1n) is 13.6. The summed E-state index contributed by atoms with van der Waals surface area (Å²) in [6, 6.07) is 16.6. The van der Waals surface area contributed by atoms with E-state index in [9.17, 15) is 9.59 Å². The number of benzene rings is 2. The van der Waals surface area contributed by atoms with Crippen LogP contribution in [0, 0.1) is 13.8 Å². The van der Waals surface area contributed by atoms with Crippen LogP contribution in [0.5, 0.6) is 5.75 Å². The molecule has 0 spiro atoms. The predicted octanol–water partition coefficient (Wildman–Crippen LogP) is 5.65. The van der Waals surface area contributed by atoms with Gasteiger partial charge in [-0.15, -0.1) is 0 Å². The van der Waals surface area contributed by atoms with E-state index in [4.69, 9.17) is 26.1 Å². The molecule has 0 amide bonds. The number of hydrogen-bond acceptors (Lipinski definition) is 6. The first-order chi connectivity index (χ1) is 19.8. The Morgan fingerprint density at radius 1 is 1.12 bits per heavy atom. The molecular formula is C32H32ClN3O4S. The van der Waals surface area contributed by atoms with Gasteiger partial charge in [0.1, 0.15) is 11.8 Å². The van der Waals surface area contributed by atoms with E-state index in [1.807, 2.05) is 45.0 Å². The van der Waals surface area contributed by atoms with Crippen molar-refractivity contribution in [3.05, 3.63) is 113 Å². The number of hydrogen-bond donors (Lipinski definition) is 0. The van der Waals surface area contributed by atoms with Crippen LogP contribution in [-0.4, -0.2) is 28.8 Å². The molecule has 41 heavy (non-hydrogen) atoms. The van der Waals surface area contributed by atoms with Gasteiger partial charge in [-0.25, -0.2) is 9.79 Å². The van der Waals surface area contributed by atoms with E-state index in [0.29, 0.717) is 43.4 Å². The molecular weight excluding hydrogens is 558 g/mol. The van der Waals surface area contributed by atoms with Gasteiger partial charge in [0.15, 0.2) is 4.80 Å². The quantitative estimate of drug-likeness (QED) is 0.249. The molecule has 212 valence electrons. The largest absolute Gasteiger partial charge is 0.496 e. The van der Waals surface area contributed by atoms with E-state index in [1.165, 1.54) is 11.3 Å². The number of ether oxygens (including phenoxy) is 2. The summed E-state index contributed by atoms with van der Waals surface area (Å²) < 4.78 is 15.4. The lowest BCUT2D eigenvalue weighted by Gasteiger charge is -2.27. The third kappa shape index (κ3) is 5.29. The van der Waals surface area contributed by atoms with Crippen LogP contribution < -0.4 is 19.6 Å². The maximum absolute atomic E-state index is 14.2. The van der Waals surface area contributed by atoms with Crippen LogP contribution in [0.15, 0.2) is 75.7 Å². The highest BCUT2D eigenvalue weighted by atomic mass is 35.5. The van der Waals surface area contributed by atoms with Crippen molar-refractivity contribution in [2.24, 2.45) is 4.99 Å². The molecule has 0 bridgehead atoms. The standard InChI is InChI=1S/C32H32ClN3O4S/c1-6-11-25-28(31(38)40-7-2)29(24-18-22(33)14-15-26(24)39-5)36-30(37)27(41-32(36)34-25)17-21-16-19(3)35(20(21)4)23-12-9-8-10-13-23/h8-10,12-18,29H,6-7,11H2,1-5H3/b27-17+/t29-/m1/s1. The fraction of sp³-hybridized carbons (Fsp3) is 0.281. The first kappa shape index (κ1) is 28.6. The Balaban J connectivity index is 1.77. The minimum Gasteiger partial charge on any atom is -0.496 e. The van der Waals surface area contributed by atoms with Crippen molar-refractivity contribution < 1.29 is 14.3 Å². The van der Waals surface area contributed by atoms with Crippen molar-refractivity contribution in [2.75, 3.05) is 13.7 Å². The number of thiazole rings is 1. The smallest absolute Gasteiger partial charge is 0.338 e. The topological polar surface area (TPSA) is 74.8 Å². The average molecular weight is 590 g/mol. The molecule has 9 heteroatoms. The Hall–Kier alpha value is -3.88. The SMILES string of the molecule is CCCC1=C(C(=O)OCC)[C@@H](c2cc(Cl)ccc2OC)n2c(s/c(=C/c3cc(C)n(-c4ccccc4)c3C)c2=O)=N1. The van der Waals surface area contributed by atoms with Crippen molar-refractivity contribution in [3.63, 3.8) is 0 Å². The van der Waals surface area contributed by atoms with Crippen LogP contribution in [0.4, 0.5) is 0 Å². The van der Waals surface area contributed by atoms with Crippen molar-refractivity contribution in [2.45, 2.75) is 46.6 Å². The maximum atomic E-state index is 14.2. The summed E-state index contributed by atoms with van der Waals surface area (Å²) in [7, 11) is 1.56. The molecule has 1 aliphatic rings. The number of fused-ring (bicyclic) bond motifs is 1. The molecule has 0 saturated heterocycles. The second kappa shape index (κ2) is 11.9. The second-order valence-corrected chi connectivity index (χ2v) is 11.2. The monoisotopic (exact) mass is 589 g/mol. The Bertz CT molecular complexity index is 1830. The highest BCUT2D eigenvalue weighted by Gasteiger charge is 2.36. The summed E-state index contributed by atoms with van der Waals surface area (Å²) in [6.45, 7) is 8.07. The van der Waals surface area contributed by atoms with Gasteiger partial charge in [0.2, 0.25) is 0 Å². The summed E-state index contributed by atoms with van der Waals surface area (Å²) in [4.78, 5) is 33.0. The summed E-state index contributed by atoms with van der Waals surface area (Å²) in [5, 5.41) is 0.466. The maximum Gasteiger partial charge on any atom is 0.338 e. The fourth-order valence-corrected chi connectivity index (χ4v) is 6.57. The van der Waals surface area contributed by atoms with E-state index in [-0.39, 0.29) is 12.2 Å². The zero-order valence-corrected chi connectivity index (χ0v) is 25.3. The van der Waals surface area contributed by atoms with Gasteiger partial charge in [0.05, 0.1) is 29.5 Å². The van der Waals surface area contributed by atoms with Crippen LogP contribution >= 0.6 is 22.9 Å². The van der Waals surface area contributed by atoms with Crippen molar-refractivity contribution in [3.8, 4) is 11.4 Å². The number of aryl methyl sites for hydroxylation is 1. The lowest BCUT2D eigenvalue weighted by atomic mass is 9.93. The van der Waals surface area contributed by atoms with E-state index >= 15 is 0 Å². The number of halogens is 1. The molecule has 1 atom stereocenters.